The van der Waals surface area contributed by atoms with E-state index in [1.54, 1.807) is 47.4 Å². The minimum absolute atomic E-state index is 0.134. The summed E-state index contributed by atoms with van der Waals surface area (Å²) >= 11 is 7.20. The highest BCUT2D eigenvalue weighted by molar-refractivity contribution is 8.18. The van der Waals surface area contributed by atoms with E-state index in [-0.39, 0.29) is 12.5 Å². The number of amidine groups is 1. The van der Waals surface area contributed by atoms with E-state index in [2.05, 4.69) is 4.99 Å². The van der Waals surface area contributed by atoms with Gasteiger partial charge in [-0.15, -0.1) is 0 Å². The minimum atomic E-state index is -0.566. The zero-order valence-electron chi connectivity index (χ0n) is 15.1. The number of hydrogen-bond acceptors (Lipinski definition) is 5. The molecule has 0 bridgehead atoms. The maximum atomic E-state index is 12.8. The molecule has 144 valence electrons. The number of hydrogen-bond donors (Lipinski definition) is 1. The van der Waals surface area contributed by atoms with Crippen molar-refractivity contribution in [3.63, 3.8) is 0 Å². The van der Waals surface area contributed by atoms with Gasteiger partial charge in [-0.05, 0) is 55.1 Å². The molecular formula is C20H18ClN3O3S. The lowest BCUT2D eigenvalue weighted by molar-refractivity contribution is -0.122. The van der Waals surface area contributed by atoms with Gasteiger partial charge in [0.15, 0.2) is 11.8 Å². The number of para-hydroxylation sites is 1. The smallest absolute Gasteiger partial charge is 0.266 e. The second-order valence-electron chi connectivity index (χ2n) is 5.82. The molecule has 28 heavy (non-hydrogen) atoms. The standard InChI is InChI=1S/C20H18ClN3O3S/c1-2-24-19(26)17(28-20(24)23-15-9-7-14(21)8-10-15)11-13-5-3-4-6-16(13)27-12-18(22)25/h3-11H,2,12H2,1H3,(H2,22,25)/b17-11+,23-20?. The first-order chi connectivity index (χ1) is 13.5. The first kappa shape index (κ1) is 20.0. The van der Waals surface area contributed by atoms with Gasteiger partial charge in [0.25, 0.3) is 11.8 Å². The Morgan fingerprint density at radius 3 is 2.64 bits per heavy atom. The summed E-state index contributed by atoms with van der Waals surface area (Å²) in [5, 5.41) is 1.22. The average Bonchev–Trinajstić information content (AvgIpc) is 2.97. The molecule has 0 aliphatic carbocycles. The third kappa shape index (κ3) is 4.74. The van der Waals surface area contributed by atoms with E-state index in [1.807, 2.05) is 19.1 Å². The Hall–Kier alpha value is -2.77. The van der Waals surface area contributed by atoms with E-state index in [4.69, 9.17) is 22.1 Å². The molecule has 2 aromatic carbocycles. The Balaban J connectivity index is 1.90. The number of nitrogens with two attached hydrogens (primary N) is 1. The molecule has 2 aromatic rings. The van der Waals surface area contributed by atoms with E-state index >= 15 is 0 Å². The predicted molar refractivity (Wildman–Crippen MR) is 113 cm³/mol. The second-order valence-corrected chi connectivity index (χ2v) is 7.27. The molecule has 0 aromatic heterocycles. The van der Waals surface area contributed by atoms with Crippen molar-refractivity contribution >= 4 is 52.1 Å². The Kier molecular flexibility index (Phi) is 6.38. The van der Waals surface area contributed by atoms with Crippen LogP contribution in [0.1, 0.15) is 12.5 Å². The van der Waals surface area contributed by atoms with Gasteiger partial charge in [-0.25, -0.2) is 4.99 Å². The molecule has 0 spiro atoms. The molecule has 1 fully saturated rings. The van der Waals surface area contributed by atoms with Crippen molar-refractivity contribution in [3.05, 3.63) is 64.0 Å². The van der Waals surface area contributed by atoms with Crippen LogP contribution in [0.5, 0.6) is 5.75 Å². The van der Waals surface area contributed by atoms with Crippen molar-refractivity contribution in [1.29, 1.82) is 0 Å². The number of aliphatic imine (C=N–C) groups is 1. The molecule has 0 unspecified atom stereocenters. The molecule has 0 atom stereocenters. The molecule has 1 heterocycles. The fourth-order valence-electron chi connectivity index (χ4n) is 2.52. The molecule has 8 heteroatoms. The van der Waals surface area contributed by atoms with E-state index < -0.39 is 5.91 Å². The van der Waals surface area contributed by atoms with Gasteiger partial charge in [-0.1, -0.05) is 29.8 Å². The maximum absolute atomic E-state index is 12.8. The monoisotopic (exact) mass is 415 g/mol. The first-order valence-electron chi connectivity index (χ1n) is 8.53. The largest absolute Gasteiger partial charge is 0.483 e. The Bertz CT molecular complexity index is 957. The molecule has 0 radical (unpaired) electrons. The van der Waals surface area contributed by atoms with Crippen molar-refractivity contribution in [2.75, 3.05) is 13.2 Å². The second kappa shape index (κ2) is 8.95. The van der Waals surface area contributed by atoms with Crippen LogP contribution < -0.4 is 10.5 Å². The van der Waals surface area contributed by atoms with Gasteiger partial charge in [0.05, 0.1) is 10.6 Å². The summed E-state index contributed by atoms with van der Waals surface area (Å²) in [4.78, 5) is 30.5. The summed E-state index contributed by atoms with van der Waals surface area (Å²) in [6, 6.07) is 14.2. The number of ether oxygens (including phenoxy) is 1. The third-order valence-electron chi connectivity index (χ3n) is 3.83. The summed E-state index contributed by atoms with van der Waals surface area (Å²) in [6.07, 6.45) is 1.73. The highest BCUT2D eigenvalue weighted by Gasteiger charge is 2.32. The van der Waals surface area contributed by atoms with E-state index in [0.29, 0.717) is 38.6 Å². The third-order valence-corrected chi connectivity index (χ3v) is 5.09. The van der Waals surface area contributed by atoms with Crippen LogP contribution in [0.4, 0.5) is 5.69 Å². The zero-order valence-corrected chi connectivity index (χ0v) is 16.7. The number of halogens is 1. The fraction of sp³-hybridized carbons (Fsp3) is 0.150. The molecule has 1 aliphatic heterocycles. The summed E-state index contributed by atoms with van der Waals surface area (Å²) in [5.41, 5.74) is 6.54. The Labute approximate surface area is 172 Å². The van der Waals surface area contributed by atoms with E-state index in [1.165, 1.54) is 11.8 Å². The zero-order chi connectivity index (χ0) is 20.1. The predicted octanol–water partition coefficient (Wildman–Crippen LogP) is 3.83. The van der Waals surface area contributed by atoms with Crippen LogP contribution in [0.15, 0.2) is 58.4 Å². The molecule has 1 aliphatic rings. The maximum Gasteiger partial charge on any atom is 0.266 e. The average molecular weight is 416 g/mol. The van der Waals surface area contributed by atoms with Gasteiger partial charge in [0.1, 0.15) is 5.75 Å². The normalized spacial score (nSPS) is 16.8. The number of amides is 2. The van der Waals surface area contributed by atoms with Crippen LogP contribution in [0.25, 0.3) is 6.08 Å². The van der Waals surface area contributed by atoms with Gasteiger partial charge in [-0.3, -0.25) is 14.5 Å². The number of carbonyl (C=O) groups is 2. The topological polar surface area (TPSA) is 85.0 Å². The van der Waals surface area contributed by atoms with Crippen molar-refractivity contribution in [2.45, 2.75) is 6.92 Å². The molecule has 2 N–H and O–H groups in total. The van der Waals surface area contributed by atoms with Crippen LogP contribution in [0.3, 0.4) is 0 Å². The van der Waals surface area contributed by atoms with Gasteiger partial charge in [-0.2, -0.15) is 0 Å². The molecule has 2 amide bonds. The molecule has 6 nitrogen and oxygen atoms in total. The molecule has 3 rings (SSSR count). The van der Waals surface area contributed by atoms with Crippen LogP contribution >= 0.6 is 23.4 Å². The number of primary amides is 1. The lowest BCUT2D eigenvalue weighted by atomic mass is 10.2. The molecule has 1 saturated heterocycles. The Morgan fingerprint density at radius 1 is 1.25 bits per heavy atom. The number of nitrogens with zero attached hydrogens (tertiary/aromatic N) is 2. The quantitative estimate of drug-likeness (QED) is 0.726. The summed E-state index contributed by atoms with van der Waals surface area (Å²) < 4.78 is 5.43. The molecular weight excluding hydrogens is 398 g/mol. The fourth-order valence-corrected chi connectivity index (χ4v) is 3.70. The van der Waals surface area contributed by atoms with E-state index in [0.717, 1.165) is 0 Å². The van der Waals surface area contributed by atoms with Crippen LogP contribution in [-0.4, -0.2) is 35.0 Å². The minimum Gasteiger partial charge on any atom is -0.483 e. The van der Waals surface area contributed by atoms with Crippen LogP contribution in [0, 0.1) is 0 Å². The summed E-state index contributed by atoms with van der Waals surface area (Å²) in [5.74, 6) is -0.221. The SMILES string of the molecule is CCN1C(=O)/C(=C\c2ccccc2OCC(N)=O)SC1=Nc1ccc(Cl)cc1. The van der Waals surface area contributed by atoms with Gasteiger partial charge in [0.2, 0.25) is 0 Å². The number of carbonyl (C=O) groups excluding carboxylic acids is 2. The lowest BCUT2D eigenvalue weighted by Gasteiger charge is -2.12. The highest BCUT2D eigenvalue weighted by atomic mass is 35.5. The van der Waals surface area contributed by atoms with Crippen molar-refractivity contribution in [1.82, 2.24) is 4.90 Å². The van der Waals surface area contributed by atoms with E-state index in [9.17, 15) is 9.59 Å². The van der Waals surface area contributed by atoms with Gasteiger partial charge >= 0.3 is 0 Å². The van der Waals surface area contributed by atoms with Crippen LogP contribution in [-0.2, 0) is 9.59 Å². The van der Waals surface area contributed by atoms with Gasteiger partial charge in [0, 0.05) is 17.1 Å². The number of likely N-dealkylation sites (N-methyl/N-ethyl adjacent to an activating group) is 1. The van der Waals surface area contributed by atoms with Gasteiger partial charge < -0.3 is 10.5 Å². The number of rotatable bonds is 6. The Morgan fingerprint density at radius 2 is 1.96 bits per heavy atom. The lowest BCUT2D eigenvalue weighted by Crippen LogP contribution is -2.28. The van der Waals surface area contributed by atoms with Crippen molar-refractivity contribution in [3.8, 4) is 5.75 Å². The van der Waals surface area contributed by atoms with Crippen molar-refractivity contribution in [2.24, 2.45) is 10.7 Å². The number of thioether (sulfide) groups is 1. The number of benzene rings is 2. The van der Waals surface area contributed by atoms with Crippen molar-refractivity contribution < 1.29 is 14.3 Å². The molecule has 0 saturated carbocycles. The highest BCUT2D eigenvalue weighted by Crippen LogP contribution is 2.35. The van der Waals surface area contributed by atoms with Crippen LogP contribution in [0.2, 0.25) is 5.02 Å². The first-order valence-corrected chi connectivity index (χ1v) is 9.73. The summed E-state index contributed by atoms with van der Waals surface area (Å²) in [7, 11) is 0. The summed E-state index contributed by atoms with van der Waals surface area (Å²) in [6.45, 7) is 2.16.